The van der Waals surface area contributed by atoms with Gasteiger partial charge in [-0.3, -0.25) is 0 Å². The highest BCUT2D eigenvalue weighted by atomic mass is 35.7. The molecule has 1 heterocycles. The van der Waals surface area contributed by atoms with Crippen LogP contribution in [0.15, 0.2) is 17.5 Å². The predicted octanol–water partition coefficient (Wildman–Crippen LogP) is 2.64. The van der Waals surface area contributed by atoms with Crippen LogP contribution in [0.1, 0.15) is 18.2 Å². The zero-order valence-electron chi connectivity index (χ0n) is 7.23. The highest BCUT2D eigenvalue weighted by Gasteiger charge is 2.16. The van der Waals surface area contributed by atoms with Gasteiger partial charge in [-0.15, -0.1) is 11.3 Å². The number of rotatable bonds is 4. The minimum atomic E-state index is -3.38. The fraction of sp³-hybridized carbons (Fsp3) is 0.500. The lowest BCUT2D eigenvalue weighted by Crippen LogP contribution is -2.12. The Morgan fingerprint density at radius 3 is 2.77 bits per heavy atom. The van der Waals surface area contributed by atoms with Gasteiger partial charge in [-0.25, -0.2) is 8.42 Å². The van der Waals surface area contributed by atoms with Crippen LogP contribution >= 0.6 is 22.0 Å². The molecule has 0 aliphatic carbocycles. The fourth-order valence-corrected chi connectivity index (χ4v) is 2.33. The van der Waals surface area contributed by atoms with Gasteiger partial charge in [-0.2, -0.15) is 0 Å². The van der Waals surface area contributed by atoms with Crippen molar-refractivity contribution in [2.24, 2.45) is 0 Å². The van der Waals surface area contributed by atoms with Crippen molar-refractivity contribution >= 4 is 31.1 Å². The third kappa shape index (κ3) is 3.67. The van der Waals surface area contributed by atoms with Crippen LogP contribution in [0.5, 0.6) is 0 Å². The van der Waals surface area contributed by atoms with Gasteiger partial charge in [0, 0.05) is 15.6 Å². The maximum absolute atomic E-state index is 10.9. The zero-order chi connectivity index (χ0) is 9.90. The quantitative estimate of drug-likeness (QED) is 0.756. The van der Waals surface area contributed by atoms with E-state index in [2.05, 4.69) is 0 Å². The number of halogens is 1. The summed E-state index contributed by atoms with van der Waals surface area (Å²) in [7, 11) is 1.82. The maximum Gasteiger partial charge on any atom is 0.235 e. The highest BCUT2D eigenvalue weighted by molar-refractivity contribution is 8.14. The highest BCUT2D eigenvalue weighted by Crippen LogP contribution is 2.16. The standard InChI is InChI=1S/C8H11ClO2S2/c1-7(13(9,10)11)4-5-8-3-2-6-12-8/h2-3,6-7H,4-5H2,1H3. The van der Waals surface area contributed by atoms with E-state index in [9.17, 15) is 8.42 Å². The van der Waals surface area contributed by atoms with Crippen molar-refractivity contribution in [3.8, 4) is 0 Å². The molecule has 5 heteroatoms. The Morgan fingerprint density at radius 2 is 2.31 bits per heavy atom. The predicted molar refractivity (Wildman–Crippen MR) is 56.9 cm³/mol. The second-order valence-electron chi connectivity index (χ2n) is 2.90. The van der Waals surface area contributed by atoms with Crippen LogP contribution in [-0.4, -0.2) is 13.7 Å². The number of hydrogen-bond donors (Lipinski definition) is 0. The first-order valence-corrected chi connectivity index (χ1v) is 7.21. The molecule has 13 heavy (non-hydrogen) atoms. The zero-order valence-corrected chi connectivity index (χ0v) is 9.62. The summed E-state index contributed by atoms with van der Waals surface area (Å²) in [4.78, 5) is 1.20. The van der Waals surface area contributed by atoms with E-state index in [-0.39, 0.29) is 0 Å². The lowest BCUT2D eigenvalue weighted by molar-refractivity contribution is 0.592. The Hall–Kier alpha value is -0.0600. The molecule has 0 saturated carbocycles. The topological polar surface area (TPSA) is 34.1 Å². The Bertz CT molecular complexity index is 342. The molecule has 0 saturated heterocycles. The van der Waals surface area contributed by atoms with Gasteiger partial charge in [0.15, 0.2) is 0 Å². The first kappa shape index (κ1) is 11.0. The summed E-state index contributed by atoms with van der Waals surface area (Å²) in [6.07, 6.45) is 1.37. The van der Waals surface area contributed by atoms with Crippen LogP contribution in [0.3, 0.4) is 0 Å². The van der Waals surface area contributed by atoms with Gasteiger partial charge < -0.3 is 0 Å². The van der Waals surface area contributed by atoms with Crippen LogP contribution in [0.2, 0.25) is 0 Å². The summed E-state index contributed by atoms with van der Waals surface area (Å²) in [6.45, 7) is 1.63. The van der Waals surface area contributed by atoms with Crippen molar-refractivity contribution in [1.82, 2.24) is 0 Å². The van der Waals surface area contributed by atoms with Crippen molar-refractivity contribution in [2.75, 3.05) is 0 Å². The molecular formula is C8H11ClO2S2. The molecule has 1 aromatic heterocycles. The van der Waals surface area contributed by atoms with Crippen molar-refractivity contribution in [2.45, 2.75) is 25.0 Å². The molecular weight excluding hydrogens is 228 g/mol. The van der Waals surface area contributed by atoms with E-state index < -0.39 is 14.3 Å². The molecule has 0 bridgehead atoms. The largest absolute Gasteiger partial charge is 0.235 e. The van der Waals surface area contributed by atoms with E-state index >= 15 is 0 Å². The number of hydrogen-bond acceptors (Lipinski definition) is 3. The van der Waals surface area contributed by atoms with Crippen molar-refractivity contribution in [3.05, 3.63) is 22.4 Å². The molecule has 1 aromatic rings. The van der Waals surface area contributed by atoms with Crippen molar-refractivity contribution in [3.63, 3.8) is 0 Å². The van der Waals surface area contributed by atoms with Gasteiger partial charge in [0.2, 0.25) is 9.05 Å². The Kier molecular flexibility index (Phi) is 3.76. The minimum absolute atomic E-state index is 0.462. The second kappa shape index (κ2) is 4.44. The first-order valence-electron chi connectivity index (χ1n) is 3.96. The van der Waals surface area contributed by atoms with Crippen molar-refractivity contribution in [1.29, 1.82) is 0 Å². The van der Waals surface area contributed by atoms with Gasteiger partial charge in [-0.1, -0.05) is 6.07 Å². The Labute approximate surface area is 87.0 Å². The summed E-state index contributed by atoms with van der Waals surface area (Å²) in [6, 6.07) is 3.96. The smallest absolute Gasteiger partial charge is 0.212 e. The SMILES string of the molecule is CC(CCc1cccs1)S(=O)(=O)Cl. The van der Waals surface area contributed by atoms with Crippen LogP contribution < -0.4 is 0 Å². The van der Waals surface area contributed by atoms with E-state index in [1.54, 1.807) is 18.3 Å². The van der Waals surface area contributed by atoms with E-state index in [1.165, 1.54) is 4.88 Å². The van der Waals surface area contributed by atoms with E-state index in [0.717, 1.165) is 6.42 Å². The summed E-state index contributed by atoms with van der Waals surface area (Å²) >= 11 is 1.64. The molecule has 1 rings (SSSR count). The average molecular weight is 239 g/mol. The minimum Gasteiger partial charge on any atom is -0.212 e. The lowest BCUT2D eigenvalue weighted by Gasteiger charge is -2.05. The van der Waals surface area contributed by atoms with E-state index in [4.69, 9.17) is 10.7 Å². The van der Waals surface area contributed by atoms with Crippen LogP contribution in [-0.2, 0) is 15.5 Å². The molecule has 0 amide bonds. The van der Waals surface area contributed by atoms with Gasteiger partial charge in [-0.05, 0) is 31.2 Å². The van der Waals surface area contributed by atoms with E-state index in [0.29, 0.717) is 6.42 Å². The molecule has 1 unspecified atom stereocenters. The maximum atomic E-state index is 10.9. The molecule has 0 aliphatic heterocycles. The normalized spacial score (nSPS) is 14.3. The number of thiophene rings is 1. The van der Waals surface area contributed by atoms with Gasteiger partial charge in [0.05, 0.1) is 5.25 Å². The van der Waals surface area contributed by atoms with Gasteiger partial charge in [0.1, 0.15) is 0 Å². The summed E-state index contributed by atoms with van der Waals surface area (Å²) < 4.78 is 21.7. The van der Waals surface area contributed by atoms with Gasteiger partial charge in [0.25, 0.3) is 0 Å². The third-order valence-electron chi connectivity index (χ3n) is 1.86. The molecule has 0 spiro atoms. The molecule has 0 radical (unpaired) electrons. The Morgan fingerprint density at radius 1 is 1.62 bits per heavy atom. The van der Waals surface area contributed by atoms with E-state index in [1.807, 2.05) is 17.5 Å². The summed E-state index contributed by atoms with van der Waals surface area (Å²) in [5, 5.41) is 1.52. The summed E-state index contributed by atoms with van der Waals surface area (Å²) in [5.74, 6) is 0. The van der Waals surface area contributed by atoms with Gasteiger partial charge >= 0.3 is 0 Å². The van der Waals surface area contributed by atoms with Crippen molar-refractivity contribution < 1.29 is 8.42 Å². The number of aryl methyl sites for hydroxylation is 1. The second-order valence-corrected chi connectivity index (χ2v) is 6.98. The third-order valence-corrected chi connectivity index (χ3v) is 4.90. The molecule has 0 aromatic carbocycles. The van der Waals surface area contributed by atoms with Crippen LogP contribution in [0.25, 0.3) is 0 Å². The first-order chi connectivity index (χ1) is 6.00. The molecule has 1 atom stereocenters. The Balaban J connectivity index is 2.44. The molecule has 0 fully saturated rings. The molecule has 0 aliphatic rings. The van der Waals surface area contributed by atoms with Crippen LogP contribution in [0.4, 0.5) is 0 Å². The summed E-state index contributed by atoms with van der Waals surface area (Å²) in [5.41, 5.74) is 0. The fourth-order valence-electron chi connectivity index (χ4n) is 0.941. The lowest BCUT2D eigenvalue weighted by atomic mass is 10.2. The molecule has 0 N–H and O–H groups in total. The molecule has 2 nitrogen and oxygen atoms in total. The molecule has 74 valence electrons. The van der Waals surface area contributed by atoms with Crippen LogP contribution in [0, 0.1) is 0 Å². The average Bonchev–Trinajstić information content (AvgIpc) is 2.50. The monoisotopic (exact) mass is 238 g/mol.